The fraction of sp³-hybridized carbons (Fsp3) is 0.533. The van der Waals surface area contributed by atoms with Gasteiger partial charge in [-0.15, -0.1) is 0 Å². The van der Waals surface area contributed by atoms with Crippen LogP contribution >= 0.6 is 0 Å². The Morgan fingerprint density at radius 3 is 2.71 bits per heavy atom. The Balaban J connectivity index is 2.26. The van der Waals surface area contributed by atoms with E-state index in [2.05, 4.69) is 5.32 Å². The van der Waals surface area contributed by atoms with Crippen molar-refractivity contribution in [1.29, 1.82) is 0 Å². The van der Waals surface area contributed by atoms with E-state index < -0.39 is 17.8 Å². The van der Waals surface area contributed by atoms with Gasteiger partial charge in [0.15, 0.2) is 11.6 Å². The number of amides is 1. The molecule has 116 valence electrons. The largest absolute Gasteiger partial charge is 0.385 e. The summed E-state index contributed by atoms with van der Waals surface area (Å²) in [4.78, 5) is 14.0. The zero-order valence-corrected chi connectivity index (χ0v) is 12.4. The molecule has 3 atom stereocenters. The molecule has 6 heteroatoms. The van der Waals surface area contributed by atoms with Gasteiger partial charge in [-0.2, -0.15) is 0 Å². The monoisotopic (exact) mass is 298 g/mol. The number of ether oxygens (including phenoxy) is 1. The molecule has 0 aliphatic carbocycles. The molecule has 1 heterocycles. The first-order chi connectivity index (χ1) is 9.95. The zero-order chi connectivity index (χ0) is 15.6. The second-order valence-corrected chi connectivity index (χ2v) is 5.34. The SMILES string of the molecule is COCCC(C)N1C(=O)C(C)NC1c1ccc(F)c(F)c1. The highest BCUT2D eigenvalue weighted by atomic mass is 19.2. The second kappa shape index (κ2) is 6.49. The molecule has 4 nitrogen and oxygen atoms in total. The van der Waals surface area contributed by atoms with Crippen molar-refractivity contribution in [3.8, 4) is 0 Å². The first-order valence-corrected chi connectivity index (χ1v) is 6.97. The summed E-state index contributed by atoms with van der Waals surface area (Å²) in [6.07, 6.45) is 0.228. The van der Waals surface area contributed by atoms with Crippen molar-refractivity contribution in [3.63, 3.8) is 0 Å². The van der Waals surface area contributed by atoms with E-state index in [1.807, 2.05) is 6.92 Å². The van der Waals surface area contributed by atoms with Crippen LogP contribution in [0.2, 0.25) is 0 Å². The fourth-order valence-corrected chi connectivity index (χ4v) is 2.58. The van der Waals surface area contributed by atoms with Crippen molar-refractivity contribution in [2.24, 2.45) is 0 Å². The number of hydrogen-bond donors (Lipinski definition) is 1. The van der Waals surface area contributed by atoms with Crippen LogP contribution in [0.25, 0.3) is 0 Å². The Hall–Kier alpha value is -1.53. The summed E-state index contributed by atoms with van der Waals surface area (Å²) in [5.74, 6) is -1.85. The summed E-state index contributed by atoms with van der Waals surface area (Å²) in [6.45, 7) is 4.21. The topological polar surface area (TPSA) is 41.6 Å². The second-order valence-electron chi connectivity index (χ2n) is 5.34. The van der Waals surface area contributed by atoms with Crippen molar-refractivity contribution in [3.05, 3.63) is 35.4 Å². The summed E-state index contributed by atoms with van der Waals surface area (Å²) < 4.78 is 31.5. The Kier molecular flexibility index (Phi) is 4.90. The maximum absolute atomic E-state index is 13.4. The van der Waals surface area contributed by atoms with Crippen LogP contribution < -0.4 is 5.32 Å². The van der Waals surface area contributed by atoms with Gasteiger partial charge in [0.05, 0.1) is 6.04 Å². The van der Waals surface area contributed by atoms with E-state index in [0.717, 1.165) is 12.1 Å². The third kappa shape index (κ3) is 3.22. The Bertz CT molecular complexity index is 524. The predicted molar refractivity (Wildman–Crippen MR) is 74.5 cm³/mol. The summed E-state index contributed by atoms with van der Waals surface area (Å²) in [5, 5.41) is 3.12. The van der Waals surface area contributed by atoms with Crippen molar-refractivity contribution in [1.82, 2.24) is 10.2 Å². The van der Waals surface area contributed by atoms with Crippen LogP contribution in [-0.2, 0) is 9.53 Å². The number of carbonyl (C=O) groups excluding carboxylic acids is 1. The molecule has 2 rings (SSSR count). The van der Waals surface area contributed by atoms with Gasteiger partial charge >= 0.3 is 0 Å². The Morgan fingerprint density at radius 1 is 1.38 bits per heavy atom. The van der Waals surface area contributed by atoms with Crippen LogP contribution in [0.1, 0.15) is 32.0 Å². The van der Waals surface area contributed by atoms with E-state index in [1.165, 1.54) is 6.07 Å². The van der Waals surface area contributed by atoms with E-state index in [9.17, 15) is 13.6 Å². The molecule has 0 bridgehead atoms. The quantitative estimate of drug-likeness (QED) is 0.906. The molecule has 0 saturated carbocycles. The van der Waals surface area contributed by atoms with E-state index in [0.29, 0.717) is 18.6 Å². The van der Waals surface area contributed by atoms with Crippen LogP contribution in [-0.4, -0.2) is 36.6 Å². The number of nitrogens with zero attached hydrogens (tertiary/aromatic N) is 1. The maximum Gasteiger partial charge on any atom is 0.241 e. The van der Waals surface area contributed by atoms with Crippen LogP contribution in [0, 0.1) is 11.6 Å². The molecule has 0 aromatic heterocycles. The van der Waals surface area contributed by atoms with E-state index in [1.54, 1.807) is 18.9 Å². The summed E-state index contributed by atoms with van der Waals surface area (Å²) in [7, 11) is 1.60. The molecule has 1 aliphatic rings. The van der Waals surface area contributed by atoms with Gasteiger partial charge in [0.2, 0.25) is 5.91 Å². The van der Waals surface area contributed by atoms with E-state index in [4.69, 9.17) is 4.74 Å². The van der Waals surface area contributed by atoms with E-state index in [-0.39, 0.29) is 18.0 Å². The number of halogens is 2. The standard InChI is InChI=1S/C15H20F2N2O2/c1-9(6-7-21-3)19-14(18-10(2)15(19)20)11-4-5-12(16)13(17)8-11/h4-5,8-10,14,18H,6-7H2,1-3H3. The minimum absolute atomic E-state index is 0.0478. The lowest BCUT2D eigenvalue weighted by Crippen LogP contribution is -2.39. The average molecular weight is 298 g/mol. The Labute approximate surface area is 123 Å². The number of benzene rings is 1. The highest BCUT2D eigenvalue weighted by Gasteiger charge is 2.39. The number of rotatable bonds is 5. The normalized spacial score (nSPS) is 23.7. The molecular weight excluding hydrogens is 278 g/mol. The number of carbonyl (C=O) groups is 1. The first kappa shape index (κ1) is 15.9. The van der Waals surface area contributed by atoms with Crippen LogP contribution in [0.15, 0.2) is 18.2 Å². The molecule has 0 radical (unpaired) electrons. The molecule has 21 heavy (non-hydrogen) atoms. The summed E-state index contributed by atoms with van der Waals surface area (Å²) in [6, 6.07) is 3.30. The van der Waals surface area contributed by atoms with Crippen molar-refractivity contribution in [2.45, 2.75) is 38.5 Å². The minimum Gasteiger partial charge on any atom is -0.385 e. The van der Waals surface area contributed by atoms with Gasteiger partial charge in [0.25, 0.3) is 0 Å². The van der Waals surface area contributed by atoms with Gasteiger partial charge in [-0.25, -0.2) is 8.78 Å². The van der Waals surface area contributed by atoms with Gasteiger partial charge in [0.1, 0.15) is 6.17 Å². The molecule has 1 aromatic carbocycles. The molecule has 1 saturated heterocycles. The number of nitrogens with one attached hydrogen (secondary N) is 1. The van der Waals surface area contributed by atoms with Crippen LogP contribution in [0.5, 0.6) is 0 Å². The lowest BCUT2D eigenvalue weighted by atomic mass is 10.1. The molecular formula is C15H20F2N2O2. The number of methoxy groups -OCH3 is 1. The summed E-state index contributed by atoms with van der Waals surface area (Å²) >= 11 is 0. The lowest BCUT2D eigenvalue weighted by Gasteiger charge is -2.30. The zero-order valence-electron chi connectivity index (χ0n) is 12.4. The average Bonchev–Trinajstić information content (AvgIpc) is 2.75. The molecule has 0 spiro atoms. The van der Waals surface area contributed by atoms with Crippen LogP contribution in [0.4, 0.5) is 8.78 Å². The third-order valence-electron chi connectivity index (χ3n) is 3.78. The van der Waals surface area contributed by atoms with Gasteiger partial charge in [-0.3, -0.25) is 10.1 Å². The van der Waals surface area contributed by atoms with Crippen molar-refractivity contribution < 1.29 is 18.3 Å². The first-order valence-electron chi connectivity index (χ1n) is 6.97. The van der Waals surface area contributed by atoms with Crippen molar-refractivity contribution in [2.75, 3.05) is 13.7 Å². The highest BCUT2D eigenvalue weighted by molar-refractivity contribution is 5.84. The highest BCUT2D eigenvalue weighted by Crippen LogP contribution is 2.29. The van der Waals surface area contributed by atoms with Gasteiger partial charge in [-0.05, 0) is 38.0 Å². The van der Waals surface area contributed by atoms with Gasteiger partial charge in [0, 0.05) is 19.8 Å². The Morgan fingerprint density at radius 2 is 2.10 bits per heavy atom. The molecule has 1 aromatic rings. The van der Waals surface area contributed by atoms with Gasteiger partial charge < -0.3 is 9.64 Å². The number of hydrogen-bond acceptors (Lipinski definition) is 3. The third-order valence-corrected chi connectivity index (χ3v) is 3.78. The predicted octanol–water partition coefficient (Wildman–Crippen LogP) is 2.21. The molecule has 1 N–H and O–H groups in total. The smallest absolute Gasteiger partial charge is 0.241 e. The lowest BCUT2D eigenvalue weighted by molar-refractivity contribution is -0.132. The molecule has 1 aliphatic heterocycles. The fourth-order valence-electron chi connectivity index (χ4n) is 2.58. The minimum atomic E-state index is -0.911. The molecule has 1 amide bonds. The molecule has 1 fully saturated rings. The van der Waals surface area contributed by atoms with Crippen molar-refractivity contribution >= 4 is 5.91 Å². The van der Waals surface area contributed by atoms with E-state index >= 15 is 0 Å². The molecule has 3 unspecified atom stereocenters. The van der Waals surface area contributed by atoms with Gasteiger partial charge in [-0.1, -0.05) is 6.07 Å². The van der Waals surface area contributed by atoms with Crippen LogP contribution in [0.3, 0.4) is 0 Å². The maximum atomic E-state index is 13.4. The summed E-state index contributed by atoms with van der Waals surface area (Å²) in [5.41, 5.74) is 0.538.